The highest BCUT2D eigenvalue weighted by molar-refractivity contribution is 7.26. The van der Waals surface area contributed by atoms with Crippen LogP contribution in [-0.4, -0.2) is 0 Å². The number of rotatable bonds is 3. The molecule has 36 heavy (non-hydrogen) atoms. The molecule has 0 N–H and O–H groups in total. The molecule has 0 spiro atoms. The zero-order chi connectivity index (χ0) is 24.4. The first-order valence-electron chi connectivity index (χ1n) is 11.5. The highest BCUT2D eigenvalue weighted by Crippen LogP contribution is 2.52. The third kappa shape index (κ3) is 3.39. The Hall–Kier alpha value is -3.19. The van der Waals surface area contributed by atoms with Crippen molar-refractivity contribution < 1.29 is 13.2 Å². The number of thiophene rings is 3. The van der Waals surface area contributed by atoms with Crippen LogP contribution in [0.25, 0.3) is 58.1 Å². The van der Waals surface area contributed by atoms with Crippen LogP contribution in [0.4, 0.5) is 13.2 Å². The van der Waals surface area contributed by atoms with Crippen molar-refractivity contribution in [1.82, 2.24) is 0 Å². The molecule has 0 saturated carbocycles. The summed E-state index contributed by atoms with van der Waals surface area (Å²) in [4.78, 5) is 0. The summed E-state index contributed by atoms with van der Waals surface area (Å²) in [5.74, 6) is -0.604. The lowest BCUT2D eigenvalue weighted by molar-refractivity contribution is 0.590. The Morgan fingerprint density at radius 1 is 0.500 bits per heavy atom. The highest BCUT2D eigenvalue weighted by atomic mass is 32.1. The zero-order valence-corrected chi connectivity index (χ0v) is 21.2. The van der Waals surface area contributed by atoms with E-state index in [0.717, 1.165) is 44.2 Å². The van der Waals surface area contributed by atoms with Gasteiger partial charge in [0.1, 0.15) is 17.5 Å². The van der Waals surface area contributed by atoms with E-state index in [1.54, 1.807) is 40.1 Å². The van der Waals surface area contributed by atoms with E-state index < -0.39 is 0 Å². The predicted molar refractivity (Wildman–Crippen MR) is 150 cm³/mol. The Balaban J connectivity index is 1.61. The Kier molecular flexibility index (Phi) is 5.17. The lowest BCUT2D eigenvalue weighted by Crippen LogP contribution is -1.90. The summed E-state index contributed by atoms with van der Waals surface area (Å²) in [6.45, 7) is 0. The van der Waals surface area contributed by atoms with Gasteiger partial charge >= 0.3 is 0 Å². The summed E-state index contributed by atoms with van der Waals surface area (Å²) in [5.41, 5.74) is 6.38. The van der Waals surface area contributed by atoms with Crippen LogP contribution < -0.4 is 0 Å². The van der Waals surface area contributed by atoms with Gasteiger partial charge in [-0.15, -0.1) is 34.0 Å². The van der Waals surface area contributed by atoms with Crippen molar-refractivity contribution in [2.75, 3.05) is 0 Å². The van der Waals surface area contributed by atoms with E-state index in [4.69, 9.17) is 0 Å². The number of allylic oxidation sites excluding steroid dienone is 4. The van der Waals surface area contributed by atoms with Crippen molar-refractivity contribution >= 4 is 69.8 Å². The number of hydrogen-bond acceptors (Lipinski definition) is 3. The van der Waals surface area contributed by atoms with Gasteiger partial charge < -0.3 is 0 Å². The molecule has 0 amide bonds. The van der Waals surface area contributed by atoms with Gasteiger partial charge in [-0.2, -0.15) is 0 Å². The maximum Gasteiger partial charge on any atom is 0.123 e. The van der Waals surface area contributed by atoms with Crippen LogP contribution in [0.15, 0.2) is 82.7 Å². The van der Waals surface area contributed by atoms with Gasteiger partial charge in [-0.3, -0.25) is 0 Å². The van der Waals surface area contributed by atoms with Gasteiger partial charge in [0.2, 0.25) is 0 Å². The van der Waals surface area contributed by atoms with Crippen LogP contribution in [0, 0.1) is 11.6 Å². The van der Waals surface area contributed by atoms with Crippen LogP contribution >= 0.6 is 34.0 Å². The van der Waals surface area contributed by atoms with Gasteiger partial charge in [-0.05, 0) is 75.2 Å². The van der Waals surface area contributed by atoms with E-state index in [1.807, 2.05) is 30.3 Å². The van der Waals surface area contributed by atoms with Crippen molar-refractivity contribution in [1.29, 1.82) is 0 Å². The SMILES string of the molecule is FC1=CC=C(c2csc3c2c2scc(-c4ccc(F)cc4)c2c2scc(-c4ccc(F)cc4)c32)CC1. The van der Waals surface area contributed by atoms with E-state index in [9.17, 15) is 13.2 Å². The molecule has 1 aliphatic carbocycles. The Labute approximate surface area is 217 Å². The Bertz CT molecular complexity index is 1770. The summed E-state index contributed by atoms with van der Waals surface area (Å²) in [7, 11) is 0. The van der Waals surface area contributed by atoms with Gasteiger partial charge in [0.05, 0.1) is 0 Å². The highest BCUT2D eigenvalue weighted by Gasteiger charge is 2.23. The molecule has 7 rings (SSSR count). The largest absolute Gasteiger partial charge is 0.212 e. The topological polar surface area (TPSA) is 0 Å². The lowest BCUT2D eigenvalue weighted by atomic mass is 9.93. The van der Waals surface area contributed by atoms with E-state index in [0.29, 0.717) is 12.8 Å². The Morgan fingerprint density at radius 3 is 1.39 bits per heavy atom. The van der Waals surface area contributed by atoms with Crippen molar-refractivity contribution in [2.24, 2.45) is 0 Å². The lowest BCUT2D eigenvalue weighted by Gasteiger charge is -2.11. The van der Waals surface area contributed by atoms with E-state index >= 15 is 0 Å². The van der Waals surface area contributed by atoms with Gasteiger partial charge in [0, 0.05) is 47.8 Å². The van der Waals surface area contributed by atoms with Crippen LogP contribution in [0.1, 0.15) is 18.4 Å². The third-order valence-electron chi connectivity index (χ3n) is 6.81. The van der Waals surface area contributed by atoms with Gasteiger partial charge in [-0.25, -0.2) is 13.2 Å². The molecular weight excluding hydrogens is 514 g/mol. The smallest absolute Gasteiger partial charge is 0.123 e. The molecule has 0 bridgehead atoms. The molecule has 0 fully saturated rings. The summed E-state index contributed by atoms with van der Waals surface area (Å²) in [5, 5.41) is 10.0. The number of halogens is 3. The molecule has 3 heterocycles. The molecular formula is C30H17F3S3. The van der Waals surface area contributed by atoms with Crippen molar-refractivity contribution in [3.05, 3.63) is 99.8 Å². The van der Waals surface area contributed by atoms with Crippen molar-refractivity contribution in [2.45, 2.75) is 12.8 Å². The molecule has 0 nitrogen and oxygen atoms in total. The molecule has 0 unspecified atom stereocenters. The van der Waals surface area contributed by atoms with Crippen molar-refractivity contribution in [3.8, 4) is 22.3 Å². The molecule has 0 atom stereocenters. The second kappa shape index (κ2) is 8.44. The average Bonchev–Trinajstić information content (AvgIpc) is 3.62. The van der Waals surface area contributed by atoms with Crippen LogP contribution in [-0.2, 0) is 0 Å². The summed E-state index contributed by atoms with van der Waals surface area (Å²) in [6.07, 6.45) is 4.56. The third-order valence-corrected chi connectivity index (χ3v) is 9.80. The number of benzene rings is 3. The fraction of sp³-hybridized carbons (Fsp3) is 0.0667. The summed E-state index contributed by atoms with van der Waals surface area (Å²) >= 11 is 5.10. The second-order valence-corrected chi connectivity index (χ2v) is 11.5. The van der Waals surface area contributed by atoms with Crippen LogP contribution in [0.5, 0.6) is 0 Å². The van der Waals surface area contributed by atoms with Gasteiger partial charge in [0.25, 0.3) is 0 Å². The fourth-order valence-corrected chi connectivity index (χ4v) is 8.72. The van der Waals surface area contributed by atoms with E-state index in [1.165, 1.54) is 43.8 Å². The first-order chi connectivity index (χ1) is 17.6. The van der Waals surface area contributed by atoms with E-state index in [-0.39, 0.29) is 17.5 Å². The number of fused-ring (bicyclic) bond motifs is 6. The fourth-order valence-electron chi connectivity index (χ4n) is 5.06. The first kappa shape index (κ1) is 22.0. The van der Waals surface area contributed by atoms with Crippen molar-refractivity contribution in [3.63, 3.8) is 0 Å². The molecule has 1 aliphatic rings. The standard InChI is InChI=1S/C30H17F3S3/c31-19-7-1-16(2-8-19)22-13-34-28-25(22)29-27(23(14-35-29)17-3-9-20(32)10-4-17)30-26(28)24(15-36-30)18-5-11-21(33)12-6-18/h1-5,7-11,13-15H,6,12H2. The molecule has 6 heteroatoms. The molecule has 0 aliphatic heterocycles. The van der Waals surface area contributed by atoms with Crippen LogP contribution in [0.3, 0.4) is 0 Å². The minimum atomic E-state index is -0.259. The molecule has 0 saturated heterocycles. The molecule has 6 aromatic rings. The summed E-state index contributed by atoms with van der Waals surface area (Å²) < 4.78 is 44.8. The second-order valence-electron chi connectivity index (χ2n) is 8.88. The summed E-state index contributed by atoms with van der Waals surface area (Å²) in [6, 6.07) is 13.3. The zero-order valence-electron chi connectivity index (χ0n) is 18.8. The minimum absolute atomic E-state index is 0.0861. The average molecular weight is 531 g/mol. The molecule has 3 aromatic heterocycles. The maximum atomic E-state index is 13.8. The molecule has 176 valence electrons. The van der Waals surface area contributed by atoms with E-state index in [2.05, 4.69) is 16.1 Å². The van der Waals surface area contributed by atoms with Crippen LogP contribution in [0.2, 0.25) is 0 Å². The maximum absolute atomic E-state index is 13.8. The predicted octanol–water partition coefficient (Wildman–Crippen LogP) is 11.0. The quantitative estimate of drug-likeness (QED) is 0.213. The normalized spacial score (nSPS) is 14.1. The monoisotopic (exact) mass is 530 g/mol. The molecule has 0 radical (unpaired) electrons. The molecule has 3 aromatic carbocycles. The number of hydrogen-bond donors (Lipinski definition) is 0. The minimum Gasteiger partial charge on any atom is -0.212 e. The van der Waals surface area contributed by atoms with Gasteiger partial charge in [-0.1, -0.05) is 30.3 Å². The Morgan fingerprint density at radius 2 is 0.944 bits per heavy atom. The van der Waals surface area contributed by atoms with Gasteiger partial charge in [0.15, 0.2) is 0 Å². The first-order valence-corrected chi connectivity index (χ1v) is 14.2.